The van der Waals surface area contributed by atoms with Gasteiger partial charge in [0.05, 0.1) is 11.0 Å². The van der Waals surface area contributed by atoms with Crippen LogP contribution in [0, 0.1) is 5.82 Å². The van der Waals surface area contributed by atoms with E-state index < -0.39 is 0 Å². The molecule has 1 aromatic heterocycles. The number of likely N-dealkylation sites (tertiary alicyclic amines) is 1. The van der Waals surface area contributed by atoms with Crippen LogP contribution >= 0.6 is 11.6 Å². The highest BCUT2D eigenvalue weighted by atomic mass is 35.5. The van der Waals surface area contributed by atoms with Gasteiger partial charge < -0.3 is 9.47 Å². The number of nitrogens with zero attached hydrogens (tertiary/aromatic N) is 3. The molecule has 3 aromatic carbocycles. The summed E-state index contributed by atoms with van der Waals surface area (Å²) >= 11 is 6.05. The Kier molecular flexibility index (Phi) is 5.20. The van der Waals surface area contributed by atoms with E-state index >= 15 is 0 Å². The third kappa shape index (κ3) is 4.06. The van der Waals surface area contributed by atoms with Crippen molar-refractivity contribution in [3.05, 3.63) is 101 Å². The molecule has 1 aliphatic rings. The standard InChI is InChI=1S/C25H21ClFN3O/c26-20-9-5-18(6-10-20)15-30-23-4-2-1-3-22(23)28-25(30)19-13-24(31)29(16-19)14-17-7-11-21(27)12-8-17/h1-12,19H,13-16H2/t19-/m0/s1. The zero-order valence-corrected chi connectivity index (χ0v) is 17.6. The molecular weight excluding hydrogens is 413 g/mol. The van der Waals surface area contributed by atoms with Crippen LogP contribution < -0.4 is 0 Å². The maximum Gasteiger partial charge on any atom is 0.223 e. The molecule has 1 fully saturated rings. The van der Waals surface area contributed by atoms with Crippen molar-refractivity contribution < 1.29 is 9.18 Å². The van der Waals surface area contributed by atoms with Gasteiger partial charge >= 0.3 is 0 Å². The van der Waals surface area contributed by atoms with E-state index in [2.05, 4.69) is 10.6 Å². The predicted molar refractivity (Wildman–Crippen MR) is 119 cm³/mol. The second-order valence-electron chi connectivity index (χ2n) is 7.97. The van der Waals surface area contributed by atoms with E-state index in [1.165, 1.54) is 12.1 Å². The molecule has 0 spiro atoms. The van der Waals surface area contributed by atoms with E-state index in [9.17, 15) is 9.18 Å². The van der Waals surface area contributed by atoms with E-state index in [-0.39, 0.29) is 17.6 Å². The van der Waals surface area contributed by atoms with Gasteiger partial charge in [-0.3, -0.25) is 4.79 Å². The minimum Gasteiger partial charge on any atom is -0.338 e. The number of imidazole rings is 1. The lowest BCUT2D eigenvalue weighted by Gasteiger charge is -2.17. The van der Waals surface area contributed by atoms with E-state index in [1.807, 2.05) is 47.4 Å². The van der Waals surface area contributed by atoms with Crippen molar-refractivity contribution in [1.29, 1.82) is 0 Å². The van der Waals surface area contributed by atoms with E-state index in [0.717, 1.165) is 28.0 Å². The van der Waals surface area contributed by atoms with Crippen LogP contribution in [0.25, 0.3) is 11.0 Å². The third-order valence-electron chi connectivity index (χ3n) is 5.80. The minimum atomic E-state index is -0.273. The van der Waals surface area contributed by atoms with Crippen LogP contribution in [0.15, 0.2) is 72.8 Å². The smallest absolute Gasteiger partial charge is 0.223 e. The maximum atomic E-state index is 13.2. The van der Waals surface area contributed by atoms with Gasteiger partial charge in [-0.1, -0.05) is 48.0 Å². The molecule has 156 valence electrons. The minimum absolute atomic E-state index is 0.00708. The number of halogens is 2. The fraction of sp³-hybridized carbons (Fsp3) is 0.200. The molecule has 4 aromatic rings. The summed E-state index contributed by atoms with van der Waals surface area (Å²) in [5.74, 6) is 0.753. The lowest BCUT2D eigenvalue weighted by atomic mass is 10.1. The topological polar surface area (TPSA) is 38.1 Å². The Hall–Kier alpha value is -3.18. The zero-order valence-electron chi connectivity index (χ0n) is 16.8. The quantitative estimate of drug-likeness (QED) is 0.423. The Morgan fingerprint density at radius 1 is 0.935 bits per heavy atom. The highest BCUT2D eigenvalue weighted by molar-refractivity contribution is 6.30. The zero-order chi connectivity index (χ0) is 21.4. The average molecular weight is 434 g/mol. The van der Waals surface area contributed by atoms with Crippen LogP contribution in [-0.2, 0) is 17.9 Å². The summed E-state index contributed by atoms with van der Waals surface area (Å²) < 4.78 is 15.4. The van der Waals surface area contributed by atoms with Gasteiger partial charge in [0.2, 0.25) is 5.91 Å². The summed E-state index contributed by atoms with van der Waals surface area (Å²) in [4.78, 5) is 19.5. The van der Waals surface area contributed by atoms with Crippen molar-refractivity contribution in [2.45, 2.75) is 25.4 Å². The summed E-state index contributed by atoms with van der Waals surface area (Å²) in [6.45, 7) is 1.74. The van der Waals surface area contributed by atoms with Crippen molar-refractivity contribution in [1.82, 2.24) is 14.5 Å². The van der Waals surface area contributed by atoms with Gasteiger partial charge in [-0.15, -0.1) is 0 Å². The molecule has 5 rings (SSSR count). The molecule has 0 radical (unpaired) electrons. The van der Waals surface area contributed by atoms with Crippen LogP contribution in [-0.4, -0.2) is 26.9 Å². The highest BCUT2D eigenvalue weighted by Gasteiger charge is 2.34. The third-order valence-corrected chi connectivity index (χ3v) is 6.06. The molecule has 1 aliphatic heterocycles. The number of aromatic nitrogens is 2. The van der Waals surface area contributed by atoms with E-state index in [0.29, 0.717) is 31.1 Å². The second kappa shape index (κ2) is 8.16. The Morgan fingerprint density at radius 2 is 1.61 bits per heavy atom. The number of para-hydroxylation sites is 2. The highest BCUT2D eigenvalue weighted by Crippen LogP contribution is 2.32. The van der Waals surface area contributed by atoms with Crippen LogP contribution in [0.3, 0.4) is 0 Å². The van der Waals surface area contributed by atoms with E-state index in [4.69, 9.17) is 16.6 Å². The lowest BCUT2D eigenvalue weighted by molar-refractivity contribution is -0.128. The number of fused-ring (bicyclic) bond motifs is 1. The largest absolute Gasteiger partial charge is 0.338 e. The molecule has 1 atom stereocenters. The first-order valence-corrected chi connectivity index (χ1v) is 10.7. The summed E-state index contributed by atoms with van der Waals surface area (Å²) in [5.41, 5.74) is 4.03. The Labute approximate surface area is 184 Å². The molecule has 2 heterocycles. The molecule has 0 aliphatic carbocycles. The SMILES string of the molecule is O=C1C[C@H](c2nc3ccccc3n2Cc2ccc(Cl)cc2)CN1Cc1ccc(F)cc1. The summed E-state index contributed by atoms with van der Waals surface area (Å²) in [5, 5.41) is 0.706. The van der Waals surface area contributed by atoms with Gasteiger partial charge in [0, 0.05) is 37.0 Å². The molecule has 4 nitrogen and oxygen atoms in total. The van der Waals surface area contributed by atoms with E-state index in [1.54, 1.807) is 12.1 Å². The molecule has 0 unspecified atom stereocenters. The Morgan fingerprint density at radius 3 is 2.39 bits per heavy atom. The maximum absolute atomic E-state index is 13.2. The molecule has 6 heteroatoms. The fourth-order valence-corrected chi connectivity index (χ4v) is 4.38. The van der Waals surface area contributed by atoms with Gasteiger partial charge in [-0.2, -0.15) is 0 Å². The number of benzene rings is 3. The van der Waals surface area contributed by atoms with Gasteiger partial charge in [0.25, 0.3) is 0 Å². The van der Waals surface area contributed by atoms with Crippen molar-refractivity contribution in [3.8, 4) is 0 Å². The first-order valence-electron chi connectivity index (χ1n) is 10.3. The number of rotatable bonds is 5. The Balaban J connectivity index is 1.44. The summed E-state index contributed by atoms with van der Waals surface area (Å²) in [6, 6.07) is 22.2. The van der Waals surface area contributed by atoms with Crippen LogP contribution in [0.4, 0.5) is 4.39 Å². The van der Waals surface area contributed by atoms with Crippen molar-refractivity contribution in [3.63, 3.8) is 0 Å². The predicted octanol–water partition coefficient (Wildman–Crippen LogP) is 5.39. The fourth-order valence-electron chi connectivity index (χ4n) is 4.25. The lowest BCUT2D eigenvalue weighted by Crippen LogP contribution is -2.24. The number of carbonyl (C=O) groups excluding carboxylic acids is 1. The van der Waals surface area contributed by atoms with Gasteiger partial charge in [-0.05, 0) is 47.5 Å². The summed E-state index contributed by atoms with van der Waals surface area (Å²) in [6.07, 6.45) is 0.422. The van der Waals surface area contributed by atoms with Gasteiger partial charge in [-0.25, -0.2) is 9.37 Å². The molecular formula is C25H21ClFN3O. The van der Waals surface area contributed by atoms with Crippen molar-refractivity contribution in [2.75, 3.05) is 6.54 Å². The van der Waals surface area contributed by atoms with Gasteiger partial charge in [0.15, 0.2) is 0 Å². The molecule has 0 saturated carbocycles. The number of hydrogen-bond donors (Lipinski definition) is 0. The normalized spacial score (nSPS) is 16.4. The first kappa shape index (κ1) is 19.8. The monoisotopic (exact) mass is 433 g/mol. The Bertz CT molecular complexity index is 1230. The number of amides is 1. The number of carbonyl (C=O) groups is 1. The van der Waals surface area contributed by atoms with Crippen molar-refractivity contribution >= 4 is 28.5 Å². The van der Waals surface area contributed by atoms with Crippen LogP contribution in [0.5, 0.6) is 0 Å². The van der Waals surface area contributed by atoms with Crippen LogP contribution in [0.2, 0.25) is 5.02 Å². The molecule has 0 N–H and O–H groups in total. The molecule has 1 amide bonds. The van der Waals surface area contributed by atoms with Gasteiger partial charge in [0.1, 0.15) is 11.6 Å². The second-order valence-corrected chi connectivity index (χ2v) is 8.41. The molecule has 0 bridgehead atoms. The van der Waals surface area contributed by atoms with Crippen molar-refractivity contribution in [2.24, 2.45) is 0 Å². The first-order chi connectivity index (χ1) is 15.1. The van der Waals surface area contributed by atoms with Crippen LogP contribution in [0.1, 0.15) is 29.3 Å². The molecule has 31 heavy (non-hydrogen) atoms. The summed E-state index contributed by atoms with van der Waals surface area (Å²) in [7, 11) is 0. The number of hydrogen-bond acceptors (Lipinski definition) is 2. The average Bonchev–Trinajstić information content (AvgIpc) is 3.32. The molecule has 1 saturated heterocycles.